The van der Waals surface area contributed by atoms with Gasteiger partial charge in [-0.2, -0.15) is 0 Å². The molecule has 0 fully saturated rings. The van der Waals surface area contributed by atoms with Crippen molar-refractivity contribution in [2.75, 3.05) is 26.1 Å². The van der Waals surface area contributed by atoms with Crippen molar-refractivity contribution in [3.63, 3.8) is 0 Å². The second-order valence-corrected chi connectivity index (χ2v) is 5.01. The fourth-order valence-corrected chi connectivity index (χ4v) is 2.07. The Morgan fingerprint density at radius 1 is 1.26 bits per heavy atom. The first-order valence-electron chi connectivity index (χ1n) is 6.43. The number of hydrogen-bond donors (Lipinski definition) is 0. The van der Waals surface area contributed by atoms with Gasteiger partial charge in [0, 0.05) is 32.8 Å². The molecule has 1 aromatic carbocycles. The second-order valence-electron chi connectivity index (χ2n) is 5.01. The topological polar surface area (TPSA) is 29.5 Å². The van der Waals surface area contributed by atoms with Crippen LogP contribution in [0.2, 0.25) is 0 Å². The van der Waals surface area contributed by atoms with Crippen LogP contribution in [-0.4, -0.2) is 27.5 Å². The van der Waals surface area contributed by atoms with Crippen LogP contribution in [0.1, 0.15) is 25.5 Å². The molecule has 2 atom stereocenters. The summed E-state index contributed by atoms with van der Waals surface area (Å²) in [6.45, 7) is 3.87. The number of ether oxygens (including phenoxy) is 1. The van der Waals surface area contributed by atoms with Crippen LogP contribution < -0.4 is 4.90 Å². The maximum absolute atomic E-state index is 10.7. The minimum Gasteiger partial charge on any atom is -0.378 e. The maximum atomic E-state index is 10.7. The van der Waals surface area contributed by atoms with E-state index < -0.39 is 0 Å². The molecule has 19 heavy (non-hydrogen) atoms. The molecule has 0 saturated heterocycles. The van der Waals surface area contributed by atoms with E-state index in [9.17, 15) is 4.79 Å². The van der Waals surface area contributed by atoms with Crippen molar-refractivity contribution in [2.24, 2.45) is 5.92 Å². The Morgan fingerprint density at radius 3 is 2.26 bits per heavy atom. The molecule has 0 bridgehead atoms. The van der Waals surface area contributed by atoms with E-state index in [2.05, 4.69) is 29.2 Å². The zero-order valence-electron chi connectivity index (χ0n) is 12.4. The number of rotatable bonds is 6. The summed E-state index contributed by atoms with van der Waals surface area (Å²) in [6.07, 6.45) is 2.78. The van der Waals surface area contributed by atoms with E-state index in [1.54, 1.807) is 7.11 Å². The Kier molecular flexibility index (Phi) is 5.77. The predicted molar refractivity (Wildman–Crippen MR) is 79.5 cm³/mol. The van der Waals surface area contributed by atoms with Crippen LogP contribution in [0.15, 0.2) is 35.9 Å². The average Bonchev–Trinajstić information content (AvgIpc) is 2.40. The Labute approximate surface area is 115 Å². The lowest BCUT2D eigenvalue weighted by Gasteiger charge is -2.19. The normalized spacial score (nSPS) is 14.9. The third-order valence-electron chi connectivity index (χ3n) is 3.10. The van der Waals surface area contributed by atoms with E-state index in [4.69, 9.17) is 4.74 Å². The van der Waals surface area contributed by atoms with Crippen molar-refractivity contribution in [1.82, 2.24) is 0 Å². The summed E-state index contributed by atoms with van der Waals surface area (Å²) in [5.74, 6) is -0.0845. The first-order valence-corrected chi connectivity index (χ1v) is 6.43. The van der Waals surface area contributed by atoms with E-state index in [0.29, 0.717) is 0 Å². The molecule has 104 valence electrons. The Balaban J connectivity index is 2.96. The first kappa shape index (κ1) is 15.4. The number of anilines is 1. The third-order valence-corrected chi connectivity index (χ3v) is 3.10. The van der Waals surface area contributed by atoms with Crippen molar-refractivity contribution in [3.05, 3.63) is 41.5 Å². The first-order chi connectivity index (χ1) is 8.99. The van der Waals surface area contributed by atoms with Crippen LogP contribution in [-0.2, 0) is 9.53 Å². The zero-order valence-corrected chi connectivity index (χ0v) is 12.4. The molecule has 0 aliphatic heterocycles. The van der Waals surface area contributed by atoms with Crippen LogP contribution >= 0.6 is 0 Å². The molecule has 3 heteroatoms. The van der Waals surface area contributed by atoms with Crippen molar-refractivity contribution in [3.8, 4) is 0 Å². The molecule has 1 aromatic rings. The van der Waals surface area contributed by atoms with Gasteiger partial charge in [0.05, 0.1) is 0 Å². The molecule has 1 rings (SSSR count). The van der Waals surface area contributed by atoms with Gasteiger partial charge in [0.25, 0.3) is 0 Å². The van der Waals surface area contributed by atoms with Crippen LogP contribution in [0.3, 0.4) is 0 Å². The predicted octanol–water partition coefficient (Wildman–Crippen LogP) is 3.22. The molecule has 0 aromatic heterocycles. The van der Waals surface area contributed by atoms with Gasteiger partial charge in [-0.3, -0.25) is 0 Å². The molecule has 0 amide bonds. The average molecular weight is 261 g/mol. The van der Waals surface area contributed by atoms with Crippen LogP contribution in [0.5, 0.6) is 0 Å². The van der Waals surface area contributed by atoms with Gasteiger partial charge in [-0.15, -0.1) is 0 Å². The fourth-order valence-electron chi connectivity index (χ4n) is 2.07. The van der Waals surface area contributed by atoms with Crippen molar-refractivity contribution >= 4 is 12.0 Å². The van der Waals surface area contributed by atoms with Crippen molar-refractivity contribution in [2.45, 2.75) is 20.0 Å². The lowest BCUT2D eigenvalue weighted by atomic mass is 9.99. The molecule has 3 nitrogen and oxygen atoms in total. The van der Waals surface area contributed by atoms with Crippen LogP contribution in [0.25, 0.3) is 0 Å². The largest absolute Gasteiger partial charge is 0.378 e. The Hall–Kier alpha value is -1.61. The smallest absolute Gasteiger partial charge is 0.126 e. The van der Waals surface area contributed by atoms with Crippen LogP contribution in [0.4, 0.5) is 5.69 Å². The molecule has 0 N–H and O–H groups in total. The number of allylic oxidation sites excluding steroid dienone is 1. The summed E-state index contributed by atoms with van der Waals surface area (Å²) in [5.41, 5.74) is 3.31. The van der Waals surface area contributed by atoms with Gasteiger partial charge in [0.1, 0.15) is 12.4 Å². The molecule has 0 aliphatic rings. The van der Waals surface area contributed by atoms with Gasteiger partial charge in [0.2, 0.25) is 0 Å². The Bertz CT molecular complexity index is 435. The van der Waals surface area contributed by atoms with Gasteiger partial charge < -0.3 is 14.4 Å². The van der Waals surface area contributed by atoms with Gasteiger partial charge in [-0.25, -0.2) is 0 Å². The van der Waals surface area contributed by atoms with E-state index in [1.165, 1.54) is 0 Å². The van der Waals surface area contributed by atoms with Gasteiger partial charge in [-0.05, 0) is 30.2 Å². The minimum atomic E-state index is -0.0985. The summed E-state index contributed by atoms with van der Waals surface area (Å²) < 4.78 is 5.55. The number of methoxy groups -OCH3 is 1. The number of carbonyl (C=O) groups is 1. The number of aldehydes is 1. The SMILES string of the molecule is COC(C(C)=CC(C)C=O)c1ccc(N(C)C)cc1. The standard InChI is InChI=1S/C16H23NO2/c1-12(11-18)10-13(2)16(19-5)14-6-8-15(9-7-14)17(3)4/h6-12,16H,1-5H3. The van der Waals surface area contributed by atoms with Crippen LogP contribution in [0, 0.1) is 5.92 Å². The van der Waals surface area contributed by atoms with Crippen molar-refractivity contribution < 1.29 is 9.53 Å². The summed E-state index contributed by atoms with van der Waals surface area (Å²) in [4.78, 5) is 12.8. The molecule has 0 aliphatic carbocycles. The van der Waals surface area contributed by atoms with Gasteiger partial charge in [0.15, 0.2) is 0 Å². The lowest BCUT2D eigenvalue weighted by Crippen LogP contribution is -2.09. The summed E-state index contributed by atoms with van der Waals surface area (Å²) in [6, 6.07) is 8.26. The van der Waals surface area contributed by atoms with E-state index in [1.807, 2.05) is 34.0 Å². The molecule has 0 heterocycles. The molecule has 0 saturated carbocycles. The Morgan fingerprint density at radius 2 is 1.84 bits per heavy atom. The third kappa shape index (κ3) is 4.21. The molecule has 0 radical (unpaired) electrons. The highest BCUT2D eigenvalue weighted by Gasteiger charge is 2.13. The highest BCUT2D eigenvalue weighted by molar-refractivity contribution is 5.56. The summed E-state index contributed by atoms with van der Waals surface area (Å²) >= 11 is 0. The van der Waals surface area contributed by atoms with Gasteiger partial charge in [-0.1, -0.05) is 25.1 Å². The van der Waals surface area contributed by atoms with Crippen molar-refractivity contribution in [1.29, 1.82) is 0 Å². The minimum absolute atomic E-state index is 0.0845. The second kappa shape index (κ2) is 7.10. The molecular formula is C16H23NO2. The summed E-state index contributed by atoms with van der Waals surface area (Å²) in [7, 11) is 5.72. The quantitative estimate of drug-likeness (QED) is 0.581. The molecule has 0 spiro atoms. The van der Waals surface area contributed by atoms with E-state index in [0.717, 1.165) is 23.1 Å². The highest BCUT2D eigenvalue weighted by atomic mass is 16.5. The molecule has 2 unspecified atom stereocenters. The fraction of sp³-hybridized carbons (Fsp3) is 0.438. The summed E-state index contributed by atoms with van der Waals surface area (Å²) in [5, 5.41) is 0. The number of carbonyl (C=O) groups excluding carboxylic acids is 1. The highest BCUT2D eigenvalue weighted by Crippen LogP contribution is 2.27. The maximum Gasteiger partial charge on any atom is 0.126 e. The zero-order chi connectivity index (χ0) is 14.4. The number of hydrogen-bond acceptors (Lipinski definition) is 3. The number of benzene rings is 1. The molecular weight excluding hydrogens is 238 g/mol. The van der Waals surface area contributed by atoms with Gasteiger partial charge >= 0.3 is 0 Å². The number of nitrogens with zero attached hydrogens (tertiary/aromatic N) is 1. The van der Waals surface area contributed by atoms with E-state index >= 15 is 0 Å². The lowest BCUT2D eigenvalue weighted by molar-refractivity contribution is -0.109. The van der Waals surface area contributed by atoms with E-state index in [-0.39, 0.29) is 12.0 Å². The monoisotopic (exact) mass is 261 g/mol.